The molecule has 176 valence electrons. The van der Waals surface area contributed by atoms with E-state index in [1.165, 1.54) is 9.79 Å². The molecule has 0 aliphatic rings. The average molecular weight is 518 g/mol. The number of rotatable bonds is 8. The van der Waals surface area contributed by atoms with Crippen LogP contribution in [0.1, 0.15) is 17.2 Å². The first-order valence-electron chi connectivity index (χ1n) is 10.1. The minimum atomic E-state index is -1.50. The molecule has 0 amide bonds. The summed E-state index contributed by atoms with van der Waals surface area (Å²) in [4.78, 5) is 14.9. The number of aromatic nitrogens is 2. The summed E-state index contributed by atoms with van der Waals surface area (Å²) >= 11 is 14.3. The Morgan fingerprint density at radius 1 is 1.06 bits per heavy atom. The highest BCUT2D eigenvalue weighted by Gasteiger charge is 2.17. The van der Waals surface area contributed by atoms with E-state index in [0.717, 1.165) is 11.1 Å². The molecular weight excluding hydrogens is 497 g/mol. The molecule has 0 radical (unpaired) electrons. The maximum Gasteiger partial charge on any atom is 0.291 e. The van der Waals surface area contributed by atoms with Crippen molar-refractivity contribution < 1.29 is 15.0 Å². The van der Waals surface area contributed by atoms with Crippen molar-refractivity contribution >= 4 is 35.0 Å². The van der Waals surface area contributed by atoms with Crippen molar-refractivity contribution in [1.82, 2.24) is 9.55 Å². The molecular formula is C24H21Cl2N3O4S. The van der Waals surface area contributed by atoms with Gasteiger partial charge in [-0.2, -0.15) is 0 Å². The first-order chi connectivity index (χ1) is 16.4. The Labute approximate surface area is 211 Å². The lowest BCUT2D eigenvalue weighted by Crippen LogP contribution is -2.12. The highest BCUT2D eigenvalue weighted by molar-refractivity contribution is 7.99. The van der Waals surface area contributed by atoms with Crippen LogP contribution in [0, 0.1) is 10.1 Å². The van der Waals surface area contributed by atoms with E-state index in [9.17, 15) is 0 Å². The van der Waals surface area contributed by atoms with Crippen molar-refractivity contribution in [2.24, 2.45) is 0 Å². The van der Waals surface area contributed by atoms with Crippen LogP contribution in [0.3, 0.4) is 0 Å². The number of nitrogens with zero attached hydrogens (tertiary/aromatic N) is 3. The zero-order valence-corrected chi connectivity index (χ0v) is 20.2. The topological polar surface area (TPSA) is 90.4 Å². The third-order valence-electron chi connectivity index (χ3n) is 4.57. The fraction of sp³-hybridized carbons (Fsp3) is 0.125. The van der Waals surface area contributed by atoms with E-state index in [1.807, 2.05) is 41.1 Å². The summed E-state index contributed by atoms with van der Waals surface area (Å²) in [6, 6.07) is 24.3. The van der Waals surface area contributed by atoms with Crippen LogP contribution in [0.5, 0.6) is 0 Å². The number of ether oxygens (including phenoxy) is 1. The number of benzene rings is 3. The van der Waals surface area contributed by atoms with Crippen molar-refractivity contribution in [3.63, 3.8) is 0 Å². The van der Waals surface area contributed by atoms with E-state index in [-0.39, 0.29) is 6.10 Å². The van der Waals surface area contributed by atoms with Gasteiger partial charge in [0.25, 0.3) is 5.09 Å². The van der Waals surface area contributed by atoms with E-state index >= 15 is 0 Å². The number of hydrogen-bond donors (Lipinski definition) is 1. The Balaban J connectivity index is 0.000000751. The van der Waals surface area contributed by atoms with Crippen molar-refractivity contribution in [3.05, 3.63) is 123 Å². The van der Waals surface area contributed by atoms with Crippen molar-refractivity contribution in [1.29, 1.82) is 0 Å². The van der Waals surface area contributed by atoms with Gasteiger partial charge < -0.3 is 14.5 Å². The molecule has 1 N–H and O–H groups in total. The largest absolute Gasteiger partial charge is 0.367 e. The highest BCUT2D eigenvalue weighted by Crippen LogP contribution is 2.32. The zero-order valence-electron chi connectivity index (χ0n) is 17.8. The molecule has 0 aliphatic heterocycles. The smallest absolute Gasteiger partial charge is 0.291 e. The summed E-state index contributed by atoms with van der Waals surface area (Å²) in [6.45, 7) is 1.08. The first kappa shape index (κ1) is 25.6. The number of hydrogen-bond acceptors (Lipinski definition) is 5. The monoisotopic (exact) mass is 517 g/mol. The van der Waals surface area contributed by atoms with Crippen LogP contribution in [0.4, 0.5) is 0 Å². The molecule has 10 heteroatoms. The van der Waals surface area contributed by atoms with Gasteiger partial charge in [-0.15, -0.1) is 10.1 Å². The van der Waals surface area contributed by atoms with Crippen molar-refractivity contribution in [2.45, 2.75) is 29.0 Å². The Bertz CT molecular complexity index is 1190. The maximum atomic E-state index is 8.36. The average Bonchev–Trinajstić information content (AvgIpc) is 3.31. The molecule has 4 rings (SSSR count). The van der Waals surface area contributed by atoms with Gasteiger partial charge in [-0.3, -0.25) is 0 Å². The lowest BCUT2D eigenvalue weighted by Gasteiger charge is -2.20. The van der Waals surface area contributed by atoms with E-state index in [4.69, 9.17) is 43.3 Å². The fourth-order valence-electron chi connectivity index (χ4n) is 3.11. The molecule has 1 aromatic heterocycles. The zero-order chi connectivity index (χ0) is 24.3. The van der Waals surface area contributed by atoms with E-state index in [1.54, 1.807) is 30.4 Å². The number of halogens is 2. The van der Waals surface area contributed by atoms with Gasteiger partial charge in [-0.05, 0) is 42.0 Å². The third kappa shape index (κ3) is 8.39. The lowest BCUT2D eigenvalue weighted by molar-refractivity contribution is -0.742. The van der Waals surface area contributed by atoms with Crippen LogP contribution < -0.4 is 0 Å². The van der Waals surface area contributed by atoms with Gasteiger partial charge in [0, 0.05) is 37.8 Å². The molecule has 1 heterocycles. The van der Waals surface area contributed by atoms with E-state index < -0.39 is 5.09 Å². The van der Waals surface area contributed by atoms with Crippen LogP contribution in [-0.4, -0.2) is 19.8 Å². The van der Waals surface area contributed by atoms with Gasteiger partial charge in [0.15, 0.2) is 0 Å². The molecule has 0 spiro atoms. The highest BCUT2D eigenvalue weighted by atomic mass is 35.5. The van der Waals surface area contributed by atoms with Gasteiger partial charge in [0.2, 0.25) is 0 Å². The summed E-state index contributed by atoms with van der Waals surface area (Å²) < 4.78 is 8.31. The first-order valence-corrected chi connectivity index (χ1v) is 11.7. The Hall–Kier alpha value is -3.04. The van der Waals surface area contributed by atoms with Gasteiger partial charge in [-0.1, -0.05) is 71.4 Å². The minimum Gasteiger partial charge on any atom is -0.367 e. The molecule has 34 heavy (non-hydrogen) atoms. The van der Waals surface area contributed by atoms with E-state index in [0.29, 0.717) is 23.2 Å². The van der Waals surface area contributed by atoms with Crippen molar-refractivity contribution in [2.75, 3.05) is 0 Å². The second-order valence-corrected chi connectivity index (χ2v) is 9.02. The van der Waals surface area contributed by atoms with Crippen molar-refractivity contribution in [3.8, 4) is 0 Å². The fourth-order valence-corrected chi connectivity index (χ4v) is 4.56. The van der Waals surface area contributed by atoms with Crippen LogP contribution >= 0.6 is 35.0 Å². The van der Waals surface area contributed by atoms with E-state index in [2.05, 4.69) is 41.4 Å². The second-order valence-electron chi connectivity index (χ2n) is 7.03. The molecule has 1 unspecified atom stereocenters. The van der Waals surface area contributed by atoms with Crippen LogP contribution in [0.25, 0.3) is 0 Å². The van der Waals surface area contributed by atoms with Crippen LogP contribution in [-0.2, 0) is 17.9 Å². The molecule has 0 saturated heterocycles. The third-order valence-corrected chi connectivity index (χ3v) is 6.13. The standard InChI is InChI=1S/C24H20Cl2N2OS.HNO3/c25-19-9-10-22(23(26)14-19)24(15-28-12-11-27-17-28)29-16-18-5-4-8-21(13-18)30-20-6-2-1-3-7-20;2-1(3)4/h1-14,17,24H,15-16H2;(H,2,3,4). The molecule has 0 saturated carbocycles. The molecule has 7 nitrogen and oxygen atoms in total. The summed E-state index contributed by atoms with van der Waals surface area (Å²) in [6.07, 6.45) is 5.22. The molecule has 3 aromatic carbocycles. The minimum absolute atomic E-state index is 0.227. The summed E-state index contributed by atoms with van der Waals surface area (Å²) in [7, 11) is 0. The summed E-state index contributed by atoms with van der Waals surface area (Å²) in [5.41, 5.74) is 2.02. The Morgan fingerprint density at radius 3 is 2.47 bits per heavy atom. The lowest BCUT2D eigenvalue weighted by atomic mass is 10.1. The normalized spacial score (nSPS) is 11.4. The molecule has 4 aromatic rings. The van der Waals surface area contributed by atoms with Gasteiger partial charge in [0.1, 0.15) is 6.10 Å². The molecule has 0 aliphatic carbocycles. The van der Waals surface area contributed by atoms with Gasteiger partial charge in [0.05, 0.1) is 19.5 Å². The summed E-state index contributed by atoms with van der Waals surface area (Å²) in [5.74, 6) is 0. The number of imidazole rings is 1. The second kappa shape index (κ2) is 13.0. The Morgan fingerprint density at radius 2 is 1.79 bits per heavy atom. The SMILES string of the molecule is Clc1ccc(C(Cn2ccnc2)OCc2cccc(Sc3ccccc3)c2)c(Cl)c1.O=[N+]([O-])O. The maximum absolute atomic E-state index is 8.36. The molecule has 0 fully saturated rings. The Kier molecular flexibility index (Phi) is 9.78. The van der Waals surface area contributed by atoms with Crippen LogP contribution in [0.15, 0.2) is 101 Å². The van der Waals surface area contributed by atoms with Gasteiger partial charge >= 0.3 is 0 Å². The quantitative estimate of drug-likeness (QED) is 0.201. The molecule has 1 atom stereocenters. The van der Waals surface area contributed by atoms with Crippen LogP contribution in [0.2, 0.25) is 10.0 Å². The predicted octanol–water partition coefficient (Wildman–Crippen LogP) is 6.95. The predicted molar refractivity (Wildman–Crippen MR) is 132 cm³/mol. The van der Waals surface area contributed by atoms with Gasteiger partial charge in [-0.25, -0.2) is 4.98 Å². The summed E-state index contributed by atoms with van der Waals surface area (Å²) in [5, 5.41) is 14.8. The molecule has 0 bridgehead atoms.